The minimum Gasteiger partial charge on any atom is -0.493 e. The monoisotopic (exact) mass is 280 g/mol. The third-order valence-corrected chi connectivity index (χ3v) is 4.94. The Labute approximate surface area is 125 Å². The number of para-hydroxylation sites is 1. The van der Waals surface area contributed by atoms with E-state index in [0.29, 0.717) is 11.8 Å². The number of hydrogen-bond acceptors (Lipinski definition) is 3. The number of ether oxygens (including phenoxy) is 1. The van der Waals surface area contributed by atoms with Crippen molar-refractivity contribution in [3.63, 3.8) is 0 Å². The van der Waals surface area contributed by atoms with E-state index in [1.807, 2.05) is 12.1 Å². The van der Waals surface area contributed by atoms with Crippen LogP contribution in [0.2, 0.25) is 0 Å². The summed E-state index contributed by atoms with van der Waals surface area (Å²) in [5.41, 5.74) is 7.30. The molecule has 4 rings (SSSR count). The number of nitrogens with two attached hydrogens (primary N) is 1. The van der Waals surface area contributed by atoms with E-state index in [9.17, 15) is 0 Å². The predicted octanol–water partition coefficient (Wildman–Crippen LogP) is 2.72. The summed E-state index contributed by atoms with van der Waals surface area (Å²) in [5.74, 6) is 7.83. The fourth-order valence-electron chi connectivity index (χ4n) is 3.75. The van der Waals surface area contributed by atoms with Crippen LogP contribution in [0, 0.1) is 0 Å². The summed E-state index contributed by atoms with van der Waals surface area (Å²) in [5, 5.41) is 0. The Balaban J connectivity index is 1.52. The van der Waals surface area contributed by atoms with Gasteiger partial charge in [0.15, 0.2) is 0 Å². The maximum atomic E-state index is 5.85. The number of benzene rings is 2. The fraction of sp³-hybridized carbons (Fsp3) is 0.333. The lowest BCUT2D eigenvalue weighted by Crippen LogP contribution is -2.42. The Bertz CT molecular complexity index is 655. The Morgan fingerprint density at radius 3 is 2.67 bits per heavy atom. The molecule has 2 aromatic rings. The summed E-state index contributed by atoms with van der Waals surface area (Å²) >= 11 is 0. The minimum atomic E-state index is 0.256. The fourth-order valence-corrected chi connectivity index (χ4v) is 3.75. The SMILES string of the molecule is NNC(CC1Cc2ccccc21)C1COc2ccccc21. The Kier molecular flexibility index (Phi) is 3.17. The van der Waals surface area contributed by atoms with Crippen LogP contribution < -0.4 is 16.0 Å². The molecule has 21 heavy (non-hydrogen) atoms. The van der Waals surface area contributed by atoms with Gasteiger partial charge in [-0.3, -0.25) is 11.3 Å². The predicted molar refractivity (Wildman–Crippen MR) is 83.3 cm³/mol. The summed E-state index contributed by atoms with van der Waals surface area (Å²) < 4.78 is 5.80. The molecule has 0 saturated carbocycles. The first-order chi connectivity index (χ1) is 10.4. The van der Waals surface area contributed by atoms with E-state index in [2.05, 4.69) is 41.8 Å². The van der Waals surface area contributed by atoms with Crippen LogP contribution in [0.25, 0.3) is 0 Å². The van der Waals surface area contributed by atoms with Gasteiger partial charge in [0, 0.05) is 17.5 Å². The van der Waals surface area contributed by atoms with Gasteiger partial charge in [-0.2, -0.15) is 0 Å². The first kappa shape index (κ1) is 12.9. The van der Waals surface area contributed by atoms with Gasteiger partial charge in [-0.15, -0.1) is 0 Å². The van der Waals surface area contributed by atoms with E-state index in [1.54, 1.807) is 0 Å². The molecule has 0 bridgehead atoms. The van der Waals surface area contributed by atoms with Crippen molar-refractivity contribution in [2.75, 3.05) is 6.61 Å². The molecule has 3 heteroatoms. The molecule has 108 valence electrons. The average Bonchev–Trinajstić information content (AvgIpc) is 2.93. The Morgan fingerprint density at radius 2 is 1.86 bits per heavy atom. The zero-order chi connectivity index (χ0) is 14.2. The molecule has 0 amide bonds. The number of hydrogen-bond donors (Lipinski definition) is 2. The van der Waals surface area contributed by atoms with Crippen LogP contribution in [0.1, 0.15) is 34.9 Å². The number of rotatable bonds is 4. The van der Waals surface area contributed by atoms with Gasteiger partial charge in [0.2, 0.25) is 0 Å². The Morgan fingerprint density at radius 1 is 1.10 bits per heavy atom. The lowest BCUT2D eigenvalue weighted by Gasteiger charge is -2.34. The molecule has 3 unspecified atom stereocenters. The third kappa shape index (κ3) is 2.13. The van der Waals surface area contributed by atoms with Gasteiger partial charge in [-0.05, 0) is 36.0 Å². The molecule has 3 atom stereocenters. The standard InChI is InChI=1S/C18H20N2O/c19-20-17(10-13-9-12-5-1-2-6-14(12)13)16-11-21-18-8-4-3-7-15(16)18/h1-8,13,16-17,20H,9-11,19H2. The van der Waals surface area contributed by atoms with Crippen LogP contribution in [0.15, 0.2) is 48.5 Å². The van der Waals surface area contributed by atoms with Crippen molar-refractivity contribution in [3.8, 4) is 5.75 Å². The summed E-state index contributed by atoms with van der Waals surface area (Å²) in [6.45, 7) is 0.725. The van der Waals surface area contributed by atoms with Crippen LogP contribution in [-0.2, 0) is 6.42 Å². The highest BCUT2D eigenvalue weighted by molar-refractivity contribution is 5.42. The molecule has 0 fully saturated rings. The van der Waals surface area contributed by atoms with Gasteiger partial charge < -0.3 is 4.74 Å². The van der Waals surface area contributed by atoms with Crippen molar-refractivity contribution in [1.82, 2.24) is 5.43 Å². The normalized spacial score (nSPS) is 23.7. The molecular formula is C18H20N2O. The summed E-state index contributed by atoms with van der Waals surface area (Å²) in [7, 11) is 0. The zero-order valence-corrected chi connectivity index (χ0v) is 12.0. The lowest BCUT2D eigenvalue weighted by molar-refractivity contribution is 0.282. The van der Waals surface area contributed by atoms with Crippen molar-refractivity contribution in [3.05, 3.63) is 65.2 Å². The molecule has 0 aromatic heterocycles. The van der Waals surface area contributed by atoms with E-state index < -0.39 is 0 Å². The van der Waals surface area contributed by atoms with E-state index >= 15 is 0 Å². The number of hydrazine groups is 1. The molecule has 1 heterocycles. The average molecular weight is 280 g/mol. The second kappa shape index (κ2) is 5.17. The molecule has 1 aliphatic carbocycles. The van der Waals surface area contributed by atoms with Gasteiger partial charge in [-0.25, -0.2) is 0 Å². The van der Waals surface area contributed by atoms with Crippen LogP contribution in [-0.4, -0.2) is 12.6 Å². The maximum absolute atomic E-state index is 5.85. The van der Waals surface area contributed by atoms with Crippen molar-refractivity contribution in [2.45, 2.75) is 30.7 Å². The van der Waals surface area contributed by atoms with Crippen molar-refractivity contribution in [1.29, 1.82) is 0 Å². The van der Waals surface area contributed by atoms with Crippen LogP contribution in [0.5, 0.6) is 5.75 Å². The molecule has 0 spiro atoms. The molecule has 0 saturated heterocycles. The molecule has 2 aliphatic rings. The molecule has 0 radical (unpaired) electrons. The largest absolute Gasteiger partial charge is 0.493 e. The number of nitrogens with one attached hydrogen (secondary N) is 1. The molecule has 3 N–H and O–H groups in total. The minimum absolute atomic E-state index is 0.256. The summed E-state index contributed by atoms with van der Waals surface area (Å²) in [4.78, 5) is 0. The van der Waals surface area contributed by atoms with E-state index in [0.717, 1.165) is 18.8 Å². The van der Waals surface area contributed by atoms with E-state index in [1.165, 1.54) is 23.1 Å². The van der Waals surface area contributed by atoms with E-state index in [4.69, 9.17) is 10.6 Å². The quantitative estimate of drug-likeness (QED) is 0.668. The molecule has 1 aliphatic heterocycles. The topological polar surface area (TPSA) is 47.3 Å². The highest BCUT2D eigenvalue weighted by atomic mass is 16.5. The van der Waals surface area contributed by atoms with Gasteiger partial charge in [-0.1, -0.05) is 42.5 Å². The highest BCUT2D eigenvalue weighted by Crippen LogP contribution is 2.42. The molecule has 3 nitrogen and oxygen atoms in total. The lowest BCUT2D eigenvalue weighted by atomic mass is 9.72. The molecule has 2 aromatic carbocycles. The van der Waals surface area contributed by atoms with Crippen molar-refractivity contribution < 1.29 is 4.74 Å². The second-order valence-corrected chi connectivity index (χ2v) is 6.06. The third-order valence-electron chi connectivity index (χ3n) is 4.94. The Hall–Kier alpha value is -1.84. The van der Waals surface area contributed by atoms with Gasteiger partial charge in [0.25, 0.3) is 0 Å². The van der Waals surface area contributed by atoms with E-state index in [-0.39, 0.29) is 6.04 Å². The van der Waals surface area contributed by atoms with Gasteiger partial charge in [0.05, 0.1) is 6.61 Å². The summed E-state index contributed by atoms with van der Waals surface area (Å²) in [6, 6.07) is 17.3. The summed E-state index contributed by atoms with van der Waals surface area (Å²) in [6.07, 6.45) is 2.24. The first-order valence-corrected chi connectivity index (χ1v) is 7.62. The van der Waals surface area contributed by atoms with Crippen LogP contribution in [0.3, 0.4) is 0 Å². The van der Waals surface area contributed by atoms with Crippen LogP contribution in [0.4, 0.5) is 0 Å². The van der Waals surface area contributed by atoms with Gasteiger partial charge in [0.1, 0.15) is 5.75 Å². The van der Waals surface area contributed by atoms with Crippen molar-refractivity contribution >= 4 is 0 Å². The first-order valence-electron chi connectivity index (χ1n) is 7.62. The highest BCUT2D eigenvalue weighted by Gasteiger charge is 2.35. The van der Waals surface area contributed by atoms with Gasteiger partial charge >= 0.3 is 0 Å². The van der Waals surface area contributed by atoms with Crippen molar-refractivity contribution in [2.24, 2.45) is 5.84 Å². The van der Waals surface area contributed by atoms with Crippen LogP contribution >= 0.6 is 0 Å². The maximum Gasteiger partial charge on any atom is 0.122 e. The molecular weight excluding hydrogens is 260 g/mol. The smallest absolute Gasteiger partial charge is 0.122 e. The zero-order valence-electron chi connectivity index (χ0n) is 12.0. The number of fused-ring (bicyclic) bond motifs is 2. The second-order valence-electron chi connectivity index (χ2n) is 6.06.